The van der Waals surface area contributed by atoms with Crippen molar-refractivity contribution in [3.05, 3.63) is 29.8 Å². The standard InChI is InChI=1S/C15H20N6OS/c1-8(2)10-6-4-5-7-11(10)18-12(22)9(3)23-15-20-13(16)19-14(17)21-15/h4-9H,1-3H3,(H,18,22)(H4,16,17,19,20,21)/t9-/m1/s1. The number of para-hydroxylation sites is 1. The van der Waals surface area contributed by atoms with Crippen molar-refractivity contribution >= 4 is 35.3 Å². The molecule has 2 aromatic rings. The zero-order valence-corrected chi connectivity index (χ0v) is 14.1. The van der Waals surface area contributed by atoms with E-state index in [0.717, 1.165) is 11.3 Å². The first kappa shape index (κ1) is 17.0. The van der Waals surface area contributed by atoms with Gasteiger partial charge < -0.3 is 16.8 Å². The minimum atomic E-state index is -0.406. The highest BCUT2D eigenvalue weighted by atomic mass is 32.2. The number of rotatable bonds is 5. The van der Waals surface area contributed by atoms with Crippen LogP contribution in [0.4, 0.5) is 17.6 Å². The molecule has 8 heteroatoms. The Labute approximate surface area is 139 Å². The van der Waals surface area contributed by atoms with E-state index in [2.05, 4.69) is 34.1 Å². The van der Waals surface area contributed by atoms with Crippen molar-refractivity contribution in [3.8, 4) is 0 Å². The molecule has 0 radical (unpaired) electrons. The second-order valence-corrected chi connectivity index (χ2v) is 6.63. The smallest absolute Gasteiger partial charge is 0.237 e. The van der Waals surface area contributed by atoms with Gasteiger partial charge in [-0.05, 0) is 24.5 Å². The van der Waals surface area contributed by atoms with Gasteiger partial charge in [-0.15, -0.1) is 0 Å². The predicted molar refractivity (Wildman–Crippen MR) is 93.1 cm³/mol. The van der Waals surface area contributed by atoms with Gasteiger partial charge in [0, 0.05) is 5.69 Å². The molecule has 0 saturated heterocycles. The monoisotopic (exact) mass is 332 g/mol. The number of thioether (sulfide) groups is 1. The lowest BCUT2D eigenvalue weighted by Crippen LogP contribution is -2.23. The molecule has 0 aliphatic rings. The summed E-state index contributed by atoms with van der Waals surface area (Å²) in [6, 6.07) is 7.75. The maximum atomic E-state index is 12.4. The highest BCUT2D eigenvalue weighted by Crippen LogP contribution is 2.26. The van der Waals surface area contributed by atoms with Gasteiger partial charge in [-0.2, -0.15) is 15.0 Å². The molecule has 23 heavy (non-hydrogen) atoms. The van der Waals surface area contributed by atoms with Gasteiger partial charge in [-0.3, -0.25) is 4.79 Å². The maximum Gasteiger partial charge on any atom is 0.237 e. The largest absolute Gasteiger partial charge is 0.368 e. The number of nitrogens with two attached hydrogens (primary N) is 2. The van der Waals surface area contributed by atoms with E-state index in [9.17, 15) is 4.79 Å². The van der Waals surface area contributed by atoms with Gasteiger partial charge in [0.1, 0.15) is 0 Å². The number of nitrogens with zero attached hydrogens (tertiary/aromatic N) is 3. The lowest BCUT2D eigenvalue weighted by Gasteiger charge is -2.16. The van der Waals surface area contributed by atoms with Crippen LogP contribution in [-0.2, 0) is 4.79 Å². The van der Waals surface area contributed by atoms with Crippen molar-refractivity contribution < 1.29 is 4.79 Å². The Morgan fingerprint density at radius 1 is 1.09 bits per heavy atom. The van der Waals surface area contributed by atoms with E-state index in [1.807, 2.05) is 24.3 Å². The first-order valence-electron chi connectivity index (χ1n) is 7.20. The van der Waals surface area contributed by atoms with Gasteiger partial charge in [0.05, 0.1) is 5.25 Å². The van der Waals surface area contributed by atoms with Crippen LogP contribution in [0.3, 0.4) is 0 Å². The summed E-state index contributed by atoms with van der Waals surface area (Å²) in [5, 5.41) is 2.87. The number of anilines is 3. The van der Waals surface area contributed by atoms with E-state index in [1.54, 1.807) is 6.92 Å². The SMILES string of the molecule is CC(C)c1ccccc1NC(=O)[C@@H](C)Sc1nc(N)nc(N)n1. The Hall–Kier alpha value is -2.35. The molecule has 0 bridgehead atoms. The van der Waals surface area contributed by atoms with E-state index in [0.29, 0.717) is 11.1 Å². The van der Waals surface area contributed by atoms with E-state index in [1.165, 1.54) is 11.8 Å². The summed E-state index contributed by atoms with van der Waals surface area (Å²) in [6.07, 6.45) is 0. The Morgan fingerprint density at radius 2 is 1.70 bits per heavy atom. The van der Waals surface area contributed by atoms with Gasteiger partial charge >= 0.3 is 0 Å². The molecule has 0 aliphatic carbocycles. The Bertz CT molecular complexity index is 686. The highest BCUT2D eigenvalue weighted by Gasteiger charge is 2.18. The van der Waals surface area contributed by atoms with Gasteiger partial charge in [-0.1, -0.05) is 43.8 Å². The summed E-state index contributed by atoms with van der Waals surface area (Å²) in [7, 11) is 0. The minimum absolute atomic E-state index is 0.0396. The quantitative estimate of drug-likeness (QED) is 0.718. The highest BCUT2D eigenvalue weighted by molar-refractivity contribution is 8.00. The number of carbonyl (C=O) groups excluding carboxylic acids is 1. The van der Waals surface area contributed by atoms with Crippen LogP contribution in [0.5, 0.6) is 0 Å². The molecule has 1 heterocycles. The second kappa shape index (κ2) is 7.28. The van der Waals surface area contributed by atoms with Crippen molar-refractivity contribution in [1.82, 2.24) is 15.0 Å². The molecule has 0 aliphatic heterocycles. The summed E-state index contributed by atoms with van der Waals surface area (Å²) >= 11 is 1.18. The molecule has 1 aromatic heterocycles. The number of carbonyl (C=O) groups is 1. The van der Waals surface area contributed by atoms with Gasteiger partial charge in [-0.25, -0.2) is 0 Å². The van der Waals surface area contributed by atoms with Crippen molar-refractivity contribution in [2.45, 2.75) is 37.1 Å². The third kappa shape index (κ3) is 4.56. The van der Waals surface area contributed by atoms with Crippen molar-refractivity contribution in [2.24, 2.45) is 0 Å². The summed E-state index contributed by atoms with van der Waals surface area (Å²) in [4.78, 5) is 24.0. The maximum absolute atomic E-state index is 12.4. The van der Waals surface area contributed by atoms with Crippen LogP contribution in [0.25, 0.3) is 0 Å². The predicted octanol–water partition coefficient (Wildman–Crippen LogP) is 2.28. The van der Waals surface area contributed by atoms with Crippen LogP contribution in [-0.4, -0.2) is 26.1 Å². The summed E-state index contributed by atoms with van der Waals surface area (Å²) < 4.78 is 0. The summed E-state index contributed by atoms with van der Waals surface area (Å²) in [5.41, 5.74) is 13.0. The molecule has 0 saturated carbocycles. The van der Waals surface area contributed by atoms with Crippen LogP contribution < -0.4 is 16.8 Å². The Balaban J connectivity index is 2.08. The third-order valence-electron chi connectivity index (χ3n) is 3.14. The molecule has 5 N–H and O–H groups in total. The zero-order valence-electron chi connectivity index (χ0n) is 13.3. The third-order valence-corrected chi connectivity index (χ3v) is 4.10. The zero-order chi connectivity index (χ0) is 17.0. The minimum Gasteiger partial charge on any atom is -0.368 e. The molecule has 1 amide bonds. The van der Waals surface area contributed by atoms with Crippen LogP contribution in [0.2, 0.25) is 0 Å². The lowest BCUT2D eigenvalue weighted by molar-refractivity contribution is -0.115. The molecule has 122 valence electrons. The number of nitrogen functional groups attached to an aromatic ring is 2. The lowest BCUT2D eigenvalue weighted by atomic mass is 10.0. The van der Waals surface area contributed by atoms with Gasteiger partial charge in [0.15, 0.2) is 5.16 Å². The van der Waals surface area contributed by atoms with Crippen LogP contribution >= 0.6 is 11.8 Å². The Morgan fingerprint density at radius 3 is 2.30 bits per heavy atom. The van der Waals surface area contributed by atoms with Crippen molar-refractivity contribution in [2.75, 3.05) is 16.8 Å². The molecular weight excluding hydrogens is 312 g/mol. The fraction of sp³-hybridized carbons (Fsp3) is 0.333. The molecule has 2 rings (SSSR count). The van der Waals surface area contributed by atoms with Gasteiger partial charge in [0.25, 0.3) is 0 Å². The average molecular weight is 332 g/mol. The molecule has 7 nitrogen and oxygen atoms in total. The Kier molecular flexibility index (Phi) is 5.38. The normalized spacial score (nSPS) is 12.2. The first-order valence-corrected chi connectivity index (χ1v) is 8.08. The molecule has 0 spiro atoms. The summed E-state index contributed by atoms with van der Waals surface area (Å²) in [6.45, 7) is 5.94. The molecule has 0 fully saturated rings. The number of hydrogen-bond donors (Lipinski definition) is 3. The number of hydrogen-bond acceptors (Lipinski definition) is 7. The number of benzene rings is 1. The van der Waals surface area contributed by atoms with Crippen LogP contribution in [0.1, 0.15) is 32.3 Å². The molecule has 0 unspecified atom stereocenters. The van der Waals surface area contributed by atoms with E-state index in [-0.39, 0.29) is 17.8 Å². The topological polar surface area (TPSA) is 120 Å². The second-order valence-electron chi connectivity index (χ2n) is 5.33. The average Bonchev–Trinajstić information content (AvgIpc) is 2.46. The van der Waals surface area contributed by atoms with Crippen molar-refractivity contribution in [1.29, 1.82) is 0 Å². The fourth-order valence-electron chi connectivity index (χ4n) is 2.00. The first-order chi connectivity index (χ1) is 10.9. The van der Waals surface area contributed by atoms with E-state index < -0.39 is 5.25 Å². The number of nitrogens with one attached hydrogen (secondary N) is 1. The van der Waals surface area contributed by atoms with Crippen LogP contribution in [0, 0.1) is 0 Å². The van der Waals surface area contributed by atoms with E-state index in [4.69, 9.17) is 11.5 Å². The van der Waals surface area contributed by atoms with Crippen LogP contribution in [0.15, 0.2) is 29.4 Å². The fourth-order valence-corrected chi connectivity index (χ4v) is 2.78. The number of amides is 1. The molecule has 1 aromatic carbocycles. The molecule has 1 atom stereocenters. The summed E-state index contributed by atoms with van der Waals surface area (Å²) in [5.74, 6) is 0.258. The van der Waals surface area contributed by atoms with Crippen molar-refractivity contribution in [3.63, 3.8) is 0 Å². The molecular formula is C15H20N6OS. The van der Waals surface area contributed by atoms with E-state index >= 15 is 0 Å². The number of aromatic nitrogens is 3. The van der Waals surface area contributed by atoms with Gasteiger partial charge in [0.2, 0.25) is 17.8 Å².